The van der Waals surface area contributed by atoms with Crippen molar-refractivity contribution in [3.63, 3.8) is 0 Å². The second-order valence-electron chi connectivity index (χ2n) is 6.71. The second kappa shape index (κ2) is 6.08. The Morgan fingerprint density at radius 2 is 1.85 bits per heavy atom. The summed E-state index contributed by atoms with van der Waals surface area (Å²) >= 11 is 2.12. The number of rotatable bonds is 2. The number of nitrogens with zero attached hydrogens (tertiary/aromatic N) is 1. The average Bonchev–Trinajstić information content (AvgIpc) is 2.48. The molecule has 1 aromatic carbocycles. The molecule has 0 spiro atoms. The van der Waals surface area contributed by atoms with Gasteiger partial charge in [0.2, 0.25) is 0 Å². The molecule has 2 heterocycles. The summed E-state index contributed by atoms with van der Waals surface area (Å²) in [5.74, 6) is 2.66. The fourth-order valence-electron chi connectivity index (χ4n) is 3.50. The normalized spacial score (nSPS) is 28.4. The molecule has 1 N–H and O–H groups in total. The molecule has 1 unspecified atom stereocenters. The lowest BCUT2D eigenvalue weighted by atomic mass is 9.92. The first-order chi connectivity index (χ1) is 9.66. The molecule has 0 radical (unpaired) electrons. The standard InChI is InChI=1S/C17H26N2S/c1-17(2)13-19(15-8-10-20-11-9-15)16(12-18-17)14-6-4-3-5-7-14/h3-7,15-16,18H,8-13H2,1-2H3. The fourth-order valence-corrected chi connectivity index (χ4v) is 4.58. The molecule has 2 aliphatic rings. The molecule has 110 valence electrons. The number of nitrogens with one attached hydrogen (secondary N) is 1. The molecule has 3 heteroatoms. The predicted molar refractivity (Wildman–Crippen MR) is 88.3 cm³/mol. The number of piperazine rings is 1. The van der Waals surface area contributed by atoms with Crippen molar-refractivity contribution in [3.05, 3.63) is 35.9 Å². The molecule has 3 rings (SSSR count). The maximum absolute atomic E-state index is 3.73. The van der Waals surface area contributed by atoms with Crippen molar-refractivity contribution >= 4 is 11.8 Å². The lowest BCUT2D eigenvalue weighted by Crippen LogP contribution is -2.60. The van der Waals surface area contributed by atoms with Gasteiger partial charge in [-0.15, -0.1) is 0 Å². The molecule has 0 amide bonds. The number of hydrogen-bond acceptors (Lipinski definition) is 3. The Hall–Kier alpha value is -0.510. The van der Waals surface area contributed by atoms with Gasteiger partial charge in [0, 0.05) is 30.7 Å². The first-order valence-electron chi connectivity index (χ1n) is 7.79. The van der Waals surface area contributed by atoms with Gasteiger partial charge >= 0.3 is 0 Å². The van der Waals surface area contributed by atoms with Gasteiger partial charge in [-0.25, -0.2) is 0 Å². The van der Waals surface area contributed by atoms with Gasteiger partial charge in [-0.1, -0.05) is 30.3 Å². The molecule has 0 aliphatic carbocycles. The molecule has 1 atom stereocenters. The smallest absolute Gasteiger partial charge is 0.0476 e. The molecule has 1 aromatic rings. The van der Waals surface area contributed by atoms with Crippen LogP contribution in [-0.2, 0) is 0 Å². The molecule has 2 aliphatic heterocycles. The van der Waals surface area contributed by atoms with E-state index in [0.717, 1.165) is 19.1 Å². The summed E-state index contributed by atoms with van der Waals surface area (Å²) in [5, 5.41) is 3.73. The third-order valence-electron chi connectivity index (χ3n) is 4.60. The van der Waals surface area contributed by atoms with E-state index in [1.807, 2.05) is 0 Å². The zero-order chi connectivity index (χ0) is 14.0. The van der Waals surface area contributed by atoms with Crippen LogP contribution in [0.25, 0.3) is 0 Å². The van der Waals surface area contributed by atoms with E-state index >= 15 is 0 Å². The van der Waals surface area contributed by atoms with Gasteiger partial charge in [-0.3, -0.25) is 4.90 Å². The second-order valence-corrected chi connectivity index (χ2v) is 7.93. The van der Waals surface area contributed by atoms with Gasteiger partial charge in [-0.05, 0) is 43.8 Å². The predicted octanol–water partition coefficient (Wildman–Crippen LogP) is 3.31. The van der Waals surface area contributed by atoms with Crippen molar-refractivity contribution in [2.45, 2.75) is 44.3 Å². The van der Waals surface area contributed by atoms with E-state index in [1.165, 1.54) is 29.9 Å². The van der Waals surface area contributed by atoms with Crippen LogP contribution in [0.2, 0.25) is 0 Å². The maximum atomic E-state index is 3.73. The monoisotopic (exact) mass is 290 g/mol. The third kappa shape index (κ3) is 3.21. The molecular weight excluding hydrogens is 264 g/mol. The Morgan fingerprint density at radius 3 is 2.55 bits per heavy atom. The highest BCUT2D eigenvalue weighted by atomic mass is 32.2. The fraction of sp³-hybridized carbons (Fsp3) is 0.647. The number of benzene rings is 1. The first-order valence-corrected chi connectivity index (χ1v) is 8.95. The molecule has 2 nitrogen and oxygen atoms in total. The lowest BCUT2D eigenvalue weighted by molar-refractivity contribution is 0.0494. The molecule has 20 heavy (non-hydrogen) atoms. The summed E-state index contributed by atoms with van der Waals surface area (Å²) in [7, 11) is 0. The average molecular weight is 290 g/mol. The van der Waals surface area contributed by atoms with Crippen molar-refractivity contribution in [2.75, 3.05) is 24.6 Å². The molecule has 2 fully saturated rings. The summed E-state index contributed by atoms with van der Waals surface area (Å²) in [4.78, 5) is 2.78. The molecule has 0 bridgehead atoms. The molecule has 0 aromatic heterocycles. The van der Waals surface area contributed by atoms with Crippen LogP contribution in [-0.4, -0.2) is 41.1 Å². The Bertz CT molecular complexity index is 426. The van der Waals surface area contributed by atoms with Crippen LogP contribution in [0.4, 0.5) is 0 Å². The SMILES string of the molecule is CC1(C)CN(C2CCSCC2)C(c2ccccc2)CN1. The minimum atomic E-state index is 0.232. The van der Waals surface area contributed by atoms with E-state index in [2.05, 4.69) is 66.2 Å². The highest BCUT2D eigenvalue weighted by Gasteiger charge is 2.37. The lowest BCUT2D eigenvalue weighted by Gasteiger charge is -2.49. The van der Waals surface area contributed by atoms with E-state index in [9.17, 15) is 0 Å². The highest BCUT2D eigenvalue weighted by molar-refractivity contribution is 7.99. The van der Waals surface area contributed by atoms with Crippen molar-refractivity contribution in [3.8, 4) is 0 Å². The van der Waals surface area contributed by atoms with Gasteiger partial charge in [0.25, 0.3) is 0 Å². The topological polar surface area (TPSA) is 15.3 Å². The summed E-state index contributed by atoms with van der Waals surface area (Å²) in [6.45, 7) is 6.89. The summed E-state index contributed by atoms with van der Waals surface area (Å²) in [6, 6.07) is 12.3. The summed E-state index contributed by atoms with van der Waals surface area (Å²) < 4.78 is 0. The van der Waals surface area contributed by atoms with Crippen molar-refractivity contribution in [1.82, 2.24) is 10.2 Å². The van der Waals surface area contributed by atoms with E-state index in [1.54, 1.807) is 0 Å². The van der Waals surface area contributed by atoms with Crippen molar-refractivity contribution in [2.24, 2.45) is 0 Å². The van der Waals surface area contributed by atoms with Crippen LogP contribution >= 0.6 is 11.8 Å². The number of thioether (sulfide) groups is 1. The minimum Gasteiger partial charge on any atom is -0.309 e. The van der Waals surface area contributed by atoms with Crippen LogP contribution in [0.5, 0.6) is 0 Å². The zero-order valence-electron chi connectivity index (χ0n) is 12.6. The largest absolute Gasteiger partial charge is 0.309 e. The van der Waals surface area contributed by atoms with Gasteiger partial charge < -0.3 is 5.32 Å². The van der Waals surface area contributed by atoms with Gasteiger partial charge in [-0.2, -0.15) is 11.8 Å². The van der Waals surface area contributed by atoms with E-state index < -0.39 is 0 Å². The van der Waals surface area contributed by atoms with E-state index in [4.69, 9.17) is 0 Å². The zero-order valence-corrected chi connectivity index (χ0v) is 13.5. The van der Waals surface area contributed by atoms with Crippen molar-refractivity contribution in [1.29, 1.82) is 0 Å². The first kappa shape index (κ1) is 14.4. The summed E-state index contributed by atoms with van der Waals surface area (Å²) in [6.07, 6.45) is 2.70. The van der Waals surface area contributed by atoms with Crippen LogP contribution in [0.3, 0.4) is 0 Å². The Balaban J connectivity index is 1.83. The maximum Gasteiger partial charge on any atom is 0.0476 e. The highest BCUT2D eigenvalue weighted by Crippen LogP contribution is 2.33. The third-order valence-corrected chi connectivity index (χ3v) is 5.65. The Morgan fingerprint density at radius 1 is 1.15 bits per heavy atom. The van der Waals surface area contributed by atoms with Gasteiger partial charge in [0.1, 0.15) is 0 Å². The molecular formula is C17H26N2S. The quantitative estimate of drug-likeness (QED) is 0.899. The minimum absolute atomic E-state index is 0.232. The van der Waals surface area contributed by atoms with Crippen LogP contribution in [0.15, 0.2) is 30.3 Å². The van der Waals surface area contributed by atoms with Crippen LogP contribution in [0, 0.1) is 0 Å². The summed E-state index contributed by atoms with van der Waals surface area (Å²) in [5.41, 5.74) is 1.70. The number of hydrogen-bond donors (Lipinski definition) is 1. The van der Waals surface area contributed by atoms with Crippen molar-refractivity contribution < 1.29 is 0 Å². The van der Waals surface area contributed by atoms with Crippen LogP contribution in [0.1, 0.15) is 38.3 Å². The molecule has 0 saturated carbocycles. The molecule has 2 saturated heterocycles. The Kier molecular flexibility index (Phi) is 4.39. The Labute approximate surface area is 127 Å². The van der Waals surface area contributed by atoms with E-state index in [-0.39, 0.29) is 5.54 Å². The van der Waals surface area contributed by atoms with Gasteiger partial charge in [0.05, 0.1) is 0 Å². The van der Waals surface area contributed by atoms with E-state index in [0.29, 0.717) is 6.04 Å². The van der Waals surface area contributed by atoms with Gasteiger partial charge in [0.15, 0.2) is 0 Å². The van der Waals surface area contributed by atoms with Crippen LogP contribution < -0.4 is 5.32 Å².